The Morgan fingerprint density at radius 1 is 1.00 bits per heavy atom. The maximum atomic E-state index is 11.5. The zero-order chi connectivity index (χ0) is 17.3. The molecular formula is C14H24N2O6-2. The van der Waals surface area contributed by atoms with Gasteiger partial charge in [0.25, 0.3) is 0 Å². The number of carbonyl (C=O) groups is 2. The van der Waals surface area contributed by atoms with Gasteiger partial charge in [-0.2, -0.15) is 0 Å². The molecule has 0 aliphatic carbocycles. The number of hydrogen-bond acceptors (Lipinski definition) is 6. The van der Waals surface area contributed by atoms with Crippen LogP contribution in [0.4, 0.5) is 9.59 Å². The molecule has 0 atom stereocenters. The summed E-state index contributed by atoms with van der Waals surface area (Å²) in [6, 6.07) is 0. The van der Waals surface area contributed by atoms with Crippen molar-refractivity contribution in [3.63, 3.8) is 0 Å². The summed E-state index contributed by atoms with van der Waals surface area (Å²) in [6.45, 7) is 5.71. The van der Waals surface area contributed by atoms with E-state index in [0.29, 0.717) is 0 Å². The lowest BCUT2D eigenvalue weighted by Crippen LogP contribution is -2.70. The number of carboxylic acid groups (broad SMARTS) is 2. The maximum absolute atomic E-state index is 11.5. The van der Waals surface area contributed by atoms with Gasteiger partial charge in [-0.3, -0.25) is 0 Å². The predicted octanol–water partition coefficient (Wildman–Crippen LogP) is -1.65. The number of amides is 2. The molecule has 8 nitrogen and oxygen atoms in total. The van der Waals surface area contributed by atoms with Gasteiger partial charge < -0.3 is 39.8 Å². The number of carbonyl (C=O) groups excluding carboxylic acids is 2. The van der Waals surface area contributed by atoms with E-state index in [-0.39, 0.29) is 32.5 Å². The molecule has 2 N–H and O–H groups in total. The Hall–Kier alpha value is -1.54. The van der Waals surface area contributed by atoms with Crippen molar-refractivity contribution >= 4 is 12.2 Å². The van der Waals surface area contributed by atoms with E-state index >= 15 is 0 Å². The molecule has 1 rings (SSSR count). The SMILES string of the molecule is CC(C)(O)CC1(CC(C)(C)O)CN(C(=O)[O-])CCN1C(=O)[O-]. The summed E-state index contributed by atoms with van der Waals surface area (Å²) in [6.07, 6.45) is -2.94. The Bertz CT molecular complexity index is 422. The lowest BCUT2D eigenvalue weighted by atomic mass is 9.76. The van der Waals surface area contributed by atoms with Crippen LogP contribution in [0, 0.1) is 0 Å². The van der Waals surface area contributed by atoms with Crippen molar-refractivity contribution in [1.29, 1.82) is 0 Å². The Morgan fingerprint density at radius 2 is 1.45 bits per heavy atom. The number of aliphatic hydroxyl groups is 2. The minimum absolute atomic E-state index is 0.0320. The topological polar surface area (TPSA) is 127 Å². The van der Waals surface area contributed by atoms with Gasteiger partial charge in [-0.1, -0.05) is 0 Å². The average Bonchev–Trinajstić information content (AvgIpc) is 2.22. The van der Waals surface area contributed by atoms with Crippen molar-refractivity contribution in [1.82, 2.24) is 9.80 Å². The van der Waals surface area contributed by atoms with Gasteiger partial charge >= 0.3 is 0 Å². The van der Waals surface area contributed by atoms with Crippen LogP contribution < -0.4 is 10.2 Å². The van der Waals surface area contributed by atoms with Crippen LogP contribution in [0.25, 0.3) is 0 Å². The molecule has 1 saturated heterocycles. The molecule has 1 aliphatic rings. The van der Waals surface area contributed by atoms with Crippen molar-refractivity contribution in [2.24, 2.45) is 0 Å². The summed E-state index contributed by atoms with van der Waals surface area (Å²) in [5.41, 5.74) is -3.80. The van der Waals surface area contributed by atoms with Crippen molar-refractivity contribution in [2.45, 2.75) is 57.3 Å². The van der Waals surface area contributed by atoms with Crippen LogP contribution in [0.2, 0.25) is 0 Å². The van der Waals surface area contributed by atoms with Gasteiger partial charge in [0, 0.05) is 32.5 Å². The van der Waals surface area contributed by atoms with E-state index in [1.165, 1.54) is 27.7 Å². The van der Waals surface area contributed by atoms with Crippen molar-refractivity contribution < 1.29 is 30.0 Å². The first kappa shape index (κ1) is 18.5. The third-order valence-corrected chi connectivity index (χ3v) is 3.65. The molecule has 128 valence electrons. The molecule has 0 unspecified atom stereocenters. The van der Waals surface area contributed by atoms with Crippen LogP contribution in [-0.4, -0.2) is 68.6 Å². The summed E-state index contributed by atoms with van der Waals surface area (Å²) in [5.74, 6) is 0. The van der Waals surface area contributed by atoms with Crippen molar-refractivity contribution in [2.75, 3.05) is 19.6 Å². The minimum Gasteiger partial charge on any atom is -0.530 e. The molecule has 2 amide bonds. The van der Waals surface area contributed by atoms with Crippen molar-refractivity contribution in [3.8, 4) is 0 Å². The van der Waals surface area contributed by atoms with E-state index in [1.54, 1.807) is 0 Å². The highest BCUT2D eigenvalue weighted by Gasteiger charge is 2.47. The smallest absolute Gasteiger partial charge is 0.137 e. The zero-order valence-corrected chi connectivity index (χ0v) is 13.5. The molecule has 0 saturated carbocycles. The van der Waals surface area contributed by atoms with Crippen LogP contribution in [0.15, 0.2) is 0 Å². The van der Waals surface area contributed by atoms with Gasteiger partial charge in [0.2, 0.25) is 0 Å². The van der Waals surface area contributed by atoms with E-state index in [4.69, 9.17) is 0 Å². The first-order valence-corrected chi connectivity index (χ1v) is 7.15. The zero-order valence-electron chi connectivity index (χ0n) is 13.5. The Labute approximate surface area is 129 Å². The molecule has 0 bridgehead atoms. The van der Waals surface area contributed by atoms with Crippen LogP contribution in [0.1, 0.15) is 40.5 Å². The van der Waals surface area contributed by atoms with E-state index in [2.05, 4.69) is 0 Å². The Kier molecular flexibility index (Phi) is 4.98. The third kappa shape index (κ3) is 4.74. The minimum atomic E-state index is -1.45. The third-order valence-electron chi connectivity index (χ3n) is 3.65. The monoisotopic (exact) mass is 316 g/mol. The highest BCUT2D eigenvalue weighted by Crippen LogP contribution is 2.36. The number of rotatable bonds is 4. The average molecular weight is 316 g/mol. The van der Waals surface area contributed by atoms with E-state index in [9.17, 15) is 30.0 Å². The summed E-state index contributed by atoms with van der Waals surface area (Å²) >= 11 is 0. The molecular weight excluding hydrogens is 292 g/mol. The summed E-state index contributed by atoms with van der Waals surface area (Å²) in [4.78, 5) is 24.7. The molecule has 8 heteroatoms. The normalized spacial score (nSPS) is 19.2. The van der Waals surface area contributed by atoms with Gasteiger partial charge in [0.05, 0.1) is 16.7 Å². The number of nitrogens with zero attached hydrogens (tertiary/aromatic N) is 2. The molecule has 1 aliphatic heterocycles. The highest BCUT2D eigenvalue weighted by molar-refractivity contribution is 5.67. The molecule has 0 spiro atoms. The molecule has 22 heavy (non-hydrogen) atoms. The quantitative estimate of drug-likeness (QED) is 0.640. The molecule has 1 fully saturated rings. The molecule has 1 heterocycles. The first-order chi connectivity index (χ1) is 9.76. The standard InChI is InChI=1S/C14H26N2O6/c1-12(2,21)7-14(8-13(3,4)22)9-15(10(17)18)5-6-16(14)11(19)20/h21-22H,5-9H2,1-4H3,(H,17,18)(H,19,20)/p-2. The van der Waals surface area contributed by atoms with Crippen LogP contribution in [-0.2, 0) is 0 Å². The summed E-state index contributed by atoms with van der Waals surface area (Å²) < 4.78 is 0. The van der Waals surface area contributed by atoms with Gasteiger partial charge in [-0.05, 0) is 27.7 Å². The summed E-state index contributed by atoms with van der Waals surface area (Å²) in [5, 5.41) is 43.0. The summed E-state index contributed by atoms with van der Waals surface area (Å²) in [7, 11) is 0. The van der Waals surface area contributed by atoms with Crippen LogP contribution in [0.5, 0.6) is 0 Å². The fourth-order valence-electron chi connectivity index (χ4n) is 3.39. The Balaban J connectivity index is 3.28. The molecule has 0 aromatic rings. The second-order valence-corrected chi connectivity index (χ2v) is 7.31. The van der Waals surface area contributed by atoms with Gasteiger partial charge in [0.1, 0.15) is 12.2 Å². The Morgan fingerprint density at radius 3 is 1.77 bits per heavy atom. The fraction of sp³-hybridized carbons (Fsp3) is 0.857. The van der Waals surface area contributed by atoms with Crippen LogP contribution in [0.3, 0.4) is 0 Å². The molecule has 0 aromatic carbocycles. The van der Waals surface area contributed by atoms with Crippen LogP contribution >= 0.6 is 0 Å². The number of hydrogen-bond donors (Lipinski definition) is 2. The van der Waals surface area contributed by atoms with Gasteiger partial charge in [-0.15, -0.1) is 0 Å². The molecule has 0 radical (unpaired) electrons. The van der Waals surface area contributed by atoms with E-state index in [1.807, 2.05) is 0 Å². The molecule has 0 aromatic heterocycles. The van der Waals surface area contributed by atoms with Gasteiger partial charge in [0.15, 0.2) is 0 Å². The maximum Gasteiger partial charge on any atom is 0.137 e. The predicted molar refractivity (Wildman–Crippen MR) is 73.6 cm³/mol. The lowest BCUT2D eigenvalue weighted by Gasteiger charge is -2.55. The van der Waals surface area contributed by atoms with E-state index < -0.39 is 28.9 Å². The first-order valence-electron chi connectivity index (χ1n) is 7.15. The number of piperazine rings is 1. The lowest BCUT2D eigenvalue weighted by molar-refractivity contribution is -0.286. The van der Waals surface area contributed by atoms with Gasteiger partial charge in [-0.25, -0.2) is 0 Å². The van der Waals surface area contributed by atoms with Crippen molar-refractivity contribution in [3.05, 3.63) is 0 Å². The fourth-order valence-corrected chi connectivity index (χ4v) is 3.39. The second-order valence-electron chi connectivity index (χ2n) is 7.31. The largest absolute Gasteiger partial charge is 0.530 e. The highest BCUT2D eigenvalue weighted by atomic mass is 16.4. The van der Waals surface area contributed by atoms with E-state index in [0.717, 1.165) is 9.80 Å². The second kappa shape index (κ2) is 5.92.